The van der Waals surface area contributed by atoms with Gasteiger partial charge in [0, 0.05) is 18.8 Å². The van der Waals surface area contributed by atoms with Crippen LogP contribution in [0.1, 0.15) is 18.9 Å². The Morgan fingerprint density at radius 1 is 1.10 bits per heavy atom. The Labute approximate surface area is 130 Å². The van der Waals surface area contributed by atoms with E-state index in [2.05, 4.69) is 17.0 Å². The van der Waals surface area contributed by atoms with E-state index in [4.69, 9.17) is 0 Å². The van der Waals surface area contributed by atoms with Gasteiger partial charge in [-0.3, -0.25) is 0 Å². The van der Waals surface area contributed by atoms with Gasteiger partial charge < -0.3 is 5.32 Å². The summed E-state index contributed by atoms with van der Waals surface area (Å²) in [7, 11) is -3.43. The van der Waals surface area contributed by atoms with Crippen LogP contribution in [0.25, 0.3) is 0 Å². The van der Waals surface area contributed by atoms with E-state index in [0.29, 0.717) is 17.9 Å². The zero-order valence-corrected chi connectivity index (χ0v) is 13.6. The molecule has 0 aliphatic carbocycles. The number of thiophene rings is 1. The zero-order chi connectivity index (χ0) is 15.1. The van der Waals surface area contributed by atoms with Crippen molar-refractivity contribution in [3.63, 3.8) is 0 Å². The number of hydrogen-bond acceptors (Lipinski definition) is 4. The molecule has 21 heavy (non-hydrogen) atoms. The molecule has 0 fully saturated rings. The maximum absolute atomic E-state index is 12.2. The van der Waals surface area contributed by atoms with Crippen LogP contribution in [0.5, 0.6) is 0 Å². The molecule has 0 amide bonds. The molecule has 6 heteroatoms. The molecule has 114 valence electrons. The molecule has 0 saturated carbocycles. The molecule has 1 aromatic heterocycles. The van der Waals surface area contributed by atoms with Crippen molar-refractivity contribution >= 4 is 27.0 Å². The summed E-state index contributed by atoms with van der Waals surface area (Å²) in [5.74, 6) is 0. The second-order valence-electron chi connectivity index (χ2n) is 4.73. The maximum Gasteiger partial charge on any atom is 0.240 e. The number of anilines is 1. The third-order valence-electron chi connectivity index (χ3n) is 3.03. The van der Waals surface area contributed by atoms with Crippen molar-refractivity contribution in [3.05, 3.63) is 46.7 Å². The van der Waals surface area contributed by atoms with Crippen molar-refractivity contribution in [2.75, 3.05) is 18.4 Å². The third-order valence-corrected chi connectivity index (χ3v) is 5.24. The van der Waals surface area contributed by atoms with Crippen molar-refractivity contribution in [2.24, 2.45) is 0 Å². The Balaban J connectivity index is 1.92. The summed E-state index contributed by atoms with van der Waals surface area (Å²) in [4.78, 5) is 0.301. The fourth-order valence-electron chi connectivity index (χ4n) is 1.87. The van der Waals surface area contributed by atoms with Gasteiger partial charge >= 0.3 is 0 Å². The van der Waals surface area contributed by atoms with Crippen molar-refractivity contribution < 1.29 is 8.42 Å². The van der Waals surface area contributed by atoms with Crippen molar-refractivity contribution in [2.45, 2.75) is 24.7 Å². The Morgan fingerprint density at radius 3 is 2.48 bits per heavy atom. The second kappa shape index (κ2) is 7.59. The highest BCUT2D eigenvalue weighted by atomic mass is 32.2. The summed E-state index contributed by atoms with van der Waals surface area (Å²) in [6, 6.07) is 8.86. The minimum absolute atomic E-state index is 0.301. The monoisotopic (exact) mass is 324 g/mol. The largest absolute Gasteiger partial charge is 0.385 e. The predicted octanol–water partition coefficient (Wildman–Crippen LogP) is 3.09. The van der Waals surface area contributed by atoms with E-state index in [-0.39, 0.29) is 0 Å². The van der Waals surface area contributed by atoms with Gasteiger partial charge in [-0.05, 0) is 59.5 Å². The predicted molar refractivity (Wildman–Crippen MR) is 88.4 cm³/mol. The van der Waals surface area contributed by atoms with Gasteiger partial charge in [-0.25, -0.2) is 13.1 Å². The molecule has 1 aromatic carbocycles. The minimum Gasteiger partial charge on any atom is -0.385 e. The summed E-state index contributed by atoms with van der Waals surface area (Å²) >= 11 is 1.62. The molecule has 0 radical (unpaired) electrons. The zero-order valence-electron chi connectivity index (χ0n) is 12.0. The lowest BCUT2D eigenvalue weighted by Crippen LogP contribution is -2.25. The normalized spacial score (nSPS) is 11.5. The highest BCUT2D eigenvalue weighted by Gasteiger charge is 2.13. The Bertz CT molecular complexity index is 635. The second-order valence-corrected chi connectivity index (χ2v) is 7.28. The first kappa shape index (κ1) is 16.0. The van der Waals surface area contributed by atoms with E-state index in [1.807, 2.05) is 16.8 Å². The van der Waals surface area contributed by atoms with Crippen LogP contribution in [-0.2, 0) is 16.4 Å². The van der Waals surface area contributed by atoms with Gasteiger partial charge in [0.15, 0.2) is 0 Å². The lowest BCUT2D eigenvalue weighted by atomic mass is 10.2. The van der Waals surface area contributed by atoms with Crippen LogP contribution >= 0.6 is 11.3 Å². The van der Waals surface area contributed by atoms with Gasteiger partial charge in [0.2, 0.25) is 10.0 Å². The first-order valence-electron chi connectivity index (χ1n) is 6.96. The third kappa shape index (κ3) is 4.84. The summed E-state index contributed by atoms with van der Waals surface area (Å²) in [6.07, 6.45) is 1.74. The topological polar surface area (TPSA) is 58.2 Å². The van der Waals surface area contributed by atoms with Crippen molar-refractivity contribution in [1.82, 2.24) is 4.72 Å². The van der Waals surface area contributed by atoms with E-state index in [1.165, 1.54) is 0 Å². The van der Waals surface area contributed by atoms with Gasteiger partial charge in [-0.1, -0.05) is 6.92 Å². The standard InChI is InChI=1S/C15H20N2O2S2/c1-2-9-16-14-3-5-15(6-4-14)21(18,19)17-10-7-13-8-11-20-12-13/h3-6,8,11-12,16-17H,2,7,9-10H2,1H3. The highest BCUT2D eigenvalue weighted by Crippen LogP contribution is 2.14. The summed E-state index contributed by atoms with van der Waals surface area (Å²) < 4.78 is 26.9. The molecule has 0 unspecified atom stereocenters. The molecule has 0 bridgehead atoms. The molecule has 0 spiro atoms. The van der Waals surface area contributed by atoms with Crippen LogP contribution in [-0.4, -0.2) is 21.5 Å². The molecule has 0 aliphatic heterocycles. The van der Waals surface area contributed by atoms with Crippen molar-refractivity contribution in [3.8, 4) is 0 Å². The van der Waals surface area contributed by atoms with Crippen molar-refractivity contribution in [1.29, 1.82) is 0 Å². The number of rotatable bonds is 8. The molecule has 2 rings (SSSR count). The summed E-state index contributed by atoms with van der Waals surface area (Å²) in [6.45, 7) is 3.38. The van der Waals surface area contributed by atoms with Crippen LogP contribution in [0.4, 0.5) is 5.69 Å². The molecule has 2 aromatic rings. The lowest BCUT2D eigenvalue weighted by Gasteiger charge is -2.08. The lowest BCUT2D eigenvalue weighted by molar-refractivity contribution is 0.581. The number of hydrogen-bond donors (Lipinski definition) is 2. The summed E-state index contributed by atoms with van der Waals surface area (Å²) in [5.41, 5.74) is 2.09. The van der Waals surface area contributed by atoms with Gasteiger partial charge in [-0.15, -0.1) is 0 Å². The van der Waals surface area contributed by atoms with Gasteiger partial charge in [0.25, 0.3) is 0 Å². The molecular weight excluding hydrogens is 304 g/mol. The molecule has 0 saturated heterocycles. The van der Waals surface area contributed by atoms with Crippen LogP contribution in [0.2, 0.25) is 0 Å². The van der Waals surface area contributed by atoms with Crippen LogP contribution < -0.4 is 10.0 Å². The Kier molecular flexibility index (Phi) is 5.78. The Hall–Kier alpha value is -1.37. The molecule has 4 nitrogen and oxygen atoms in total. The fourth-order valence-corrected chi connectivity index (χ4v) is 3.60. The fraction of sp³-hybridized carbons (Fsp3) is 0.333. The van der Waals surface area contributed by atoms with E-state index >= 15 is 0 Å². The maximum atomic E-state index is 12.2. The van der Waals surface area contributed by atoms with Gasteiger partial charge in [0.05, 0.1) is 4.90 Å². The molecule has 0 aliphatic rings. The smallest absolute Gasteiger partial charge is 0.240 e. The molecule has 1 heterocycles. The SMILES string of the molecule is CCCNc1ccc(S(=O)(=O)NCCc2ccsc2)cc1. The van der Waals surface area contributed by atoms with E-state index in [9.17, 15) is 8.42 Å². The van der Waals surface area contributed by atoms with E-state index in [0.717, 1.165) is 24.2 Å². The summed E-state index contributed by atoms with van der Waals surface area (Å²) in [5, 5.41) is 7.24. The van der Waals surface area contributed by atoms with Gasteiger partial charge in [-0.2, -0.15) is 11.3 Å². The minimum atomic E-state index is -3.43. The van der Waals surface area contributed by atoms with Crippen LogP contribution in [0.15, 0.2) is 46.0 Å². The average Bonchev–Trinajstić information content (AvgIpc) is 2.98. The number of nitrogens with one attached hydrogen (secondary N) is 2. The first-order valence-corrected chi connectivity index (χ1v) is 9.39. The van der Waals surface area contributed by atoms with E-state index < -0.39 is 10.0 Å². The highest BCUT2D eigenvalue weighted by molar-refractivity contribution is 7.89. The average molecular weight is 324 g/mol. The van der Waals surface area contributed by atoms with E-state index in [1.54, 1.807) is 35.6 Å². The Morgan fingerprint density at radius 2 is 1.86 bits per heavy atom. The molecular formula is C15H20N2O2S2. The number of sulfonamides is 1. The van der Waals surface area contributed by atoms with Gasteiger partial charge in [0.1, 0.15) is 0 Å². The molecule has 0 atom stereocenters. The van der Waals surface area contributed by atoms with Crippen LogP contribution in [0, 0.1) is 0 Å². The quantitative estimate of drug-likeness (QED) is 0.784. The van der Waals surface area contributed by atoms with Crippen LogP contribution in [0.3, 0.4) is 0 Å². The first-order chi connectivity index (χ1) is 10.1. The number of benzene rings is 1. The molecule has 2 N–H and O–H groups in total.